The summed E-state index contributed by atoms with van der Waals surface area (Å²) in [6, 6.07) is 16.0. The van der Waals surface area contributed by atoms with Gasteiger partial charge in [-0.1, -0.05) is 18.2 Å². The first kappa shape index (κ1) is 22.1. The average Bonchev–Trinajstić information content (AvgIpc) is 2.74. The van der Waals surface area contributed by atoms with Crippen molar-refractivity contribution in [2.45, 2.75) is 31.4 Å². The van der Waals surface area contributed by atoms with Crippen LogP contribution < -0.4 is 20.1 Å². The van der Waals surface area contributed by atoms with Crippen LogP contribution in [-0.2, 0) is 16.6 Å². The number of aromatic nitrogens is 1. The molecule has 0 aliphatic rings. The van der Waals surface area contributed by atoms with Gasteiger partial charge in [-0.25, -0.2) is 13.2 Å². The molecule has 0 spiro atoms. The van der Waals surface area contributed by atoms with Crippen LogP contribution in [0.4, 0.5) is 16.2 Å². The minimum Gasteiger partial charge on any atom is -0.489 e. The van der Waals surface area contributed by atoms with Crippen molar-refractivity contribution in [1.82, 2.24) is 10.3 Å². The first-order valence-electron chi connectivity index (χ1n) is 9.66. The Labute approximate surface area is 181 Å². The molecule has 2 aromatic carbocycles. The van der Waals surface area contributed by atoms with Crippen LogP contribution in [-0.4, -0.2) is 25.5 Å². The zero-order valence-corrected chi connectivity index (χ0v) is 18.0. The zero-order valence-electron chi connectivity index (χ0n) is 17.2. The van der Waals surface area contributed by atoms with Gasteiger partial charge in [0.25, 0.3) is 10.0 Å². The highest BCUT2D eigenvalue weighted by atomic mass is 32.2. The van der Waals surface area contributed by atoms with E-state index in [-0.39, 0.29) is 11.0 Å². The van der Waals surface area contributed by atoms with Crippen LogP contribution in [0.25, 0.3) is 0 Å². The fourth-order valence-electron chi connectivity index (χ4n) is 2.69. The van der Waals surface area contributed by atoms with E-state index in [9.17, 15) is 13.2 Å². The molecule has 162 valence electrons. The number of carbonyl (C=O) groups excluding carboxylic acids is 1. The molecule has 3 aromatic rings. The number of rotatable bonds is 8. The molecular formula is C22H24N4O4S. The third kappa shape index (κ3) is 6.45. The zero-order chi connectivity index (χ0) is 22.3. The maximum Gasteiger partial charge on any atom is 0.319 e. The summed E-state index contributed by atoms with van der Waals surface area (Å²) in [5.74, 6) is 0.449. The Hall–Kier alpha value is -3.59. The molecule has 1 heterocycles. The van der Waals surface area contributed by atoms with Crippen molar-refractivity contribution in [1.29, 1.82) is 0 Å². The summed E-state index contributed by atoms with van der Waals surface area (Å²) < 4.78 is 33.7. The number of hydrogen-bond donors (Lipinski definition) is 3. The van der Waals surface area contributed by atoms with Gasteiger partial charge < -0.3 is 15.4 Å². The average molecular weight is 441 g/mol. The Bertz CT molecular complexity index is 1120. The number of para-hydroxylation sites is 2. The SMILES string of the molecule is CC(C)Oc1ccccc1NS(=O)(=O)c1ccc(NC(=O)NCc2cccnc2)cc1. The Morgan fingerprint density at radius 1 is 1.03 bits per heavy atom. The smallest absolute Gasteiger partial charge is 0.319 e. The Balaban J connectivity index is 1.63. The summed E-state index contributed by atoms with van der Waals surface area (Å²) in [7, 11) is -3.83. The van der Waals surface area contributed by atoms with Gasteiger partial charge in [0.05, 0.1) is 16.7 Å². The fraction of sp³-hybridized carbons (Fsp3) is 0.182. The quantitative estimate of drug-likeness (QED) is 0.491. The van der Waals surface area contributed by atoms with Crippen LogP contribution >= 0.6 is 0 Å². The summed E-state index contributed by atoms with van der Waals surface area (Å²) in [6.07, 6.45) is 3.22. The molecule has 1 aromatic heterocycles. The molecular weight excluding hydrogens is 416 g/mol. The summed E-state index contributed by atoms with van der Waals surface area (Å²) in [5.41, 5.74) is 1.69. The van der Waals surface area contributed by atoms with Gasteiger partial charge in [0.15, 0.2) is 0 Å². The first-order chi connectivity index (χ1) is 14.8. The molecule has 8 nitrogen and oxygen atoms in total. The minimum absolute atomic E-state index is 0.0631. The molecule has 0 saturated carbocycles. The third-order valence-corrected chi connectivity index (χ3v) is 5.47. The number of anilines is 2. The van der Waals surface area contributed by atoms with Crippen molar-refractivity contribution >= 4 is 27.4 Å². The molecule has 0 radical (unpaired) electrons. The van der Waals surface area contributed by atoms with E-state index in [0.717, 1.165) is 5.56 Å². The molecule has 0 atom stereocenters. The first-order valence-corrected chi connectivity index (χ1v) is 11.1. The Morgan fingerprint density at radius 2 is 1.77 bits per heavy atom. The topological polar surface area (TPSA) is 109 Å². The molecule has 0 aliphatic heterocycles. The summed E-state index contributed by atoms with van der Waals surface area (Å²) in [6.45, 7) is 4.06. The second-order valence-corrected chi connectivity index (χ2v) is 8.64. The molecule has 0 saturated heterocycles. The van der Waals surface area contributed by atoms with Crippen LogP contribution in [0.1, 0.15) is 19.4 Å². The van der Waals surface area contributed by atoms with Crippen LogP contribution in [0, 0.1) is 0 Å². The second-order valence-electron chi connectivity index (χ2n) is 6.96. The highest BCUT2D eigenvalue weighted by molar-refractivity contribution is 7.92. The fourth-order valence-corrected chi connectivity index (χ4v) is 3.76. The number of benzene rings is 2. The summed E-state index contributed by atoms with van der Waals surface area (Å²) in [5, 5.41) is 5.38. The van der Waals surface area contributed by atoms with E-state index in [1.807, 2.05) is 19.9 Å². The number of hydrogen-bond acceptors (Lipinski definition) is 5. The number of ether oxygens (including phenoxy) is 1. The van der Waals surface area contributed by atoms with E-state index in [4.69, 9.17) is 4.74 Å². The molecule has 9 heteroatoms. The lowest BCUT2D eigenvalue weighted by Gasteiger charge is -2.15. The van der Waals surface area contributed by atoms with Crippen molar-refractivity contribution in [2.24, 2.45) is 0 Å². The van der Waals surface area contributed by atoms with Crippen molar-refractivity contribution in [2.75, 3.05) is 10.0 Å². The van der Waals surface area contributed by atoms with Gasteiger partial charge >= 0.3 is 6.03 Å². The predicted octanol–water partition coefficient (Wildman–Crippen LogP) is 3.99. The van der Waals surface area contributed by atoms with Gasteiger partial charge in [-0.15, -0.1) is 0 Å². The minimum atomic E-state index is -3.83. The van der Waals surface area contributed by atoms with E-state index in [1.165, 1.54) is 24.3 Å². The molecule has 0 bridgehead atoms. The monoisotopic (exact) mass is 440 g/mol. The van der Waals surface area contributed by atoms with E-state index >= 15 is 0 Å². The van der Waals surface area contributed by atoms with Crippen LogP contribution in [0.5, 0.6) is 5.75 Å². The lowest BCUT2D eigenvalue weighted by atomic mass is 10.3. The van der Waals surface area contributed by atoms with Gasteiger partial charge in [0.1, 0.15) is 5.75 Å². The number of amides is 2. The molecule has 0 aliphatic carbocycles. The van der Waals surface area contributed by atoms with Crippen molar-refractivity contribution in [3.63, 3.8) is 0 Å². The lowest BCUT2D eigenvalue weighted by Crippen LogP contribution is -2.28. The molecule has 0 unspecified atom stereocenters. The highest BCUT2D eigenvalue weighted by Crippen LogP contribution is 2.27. The third-order valence-electron chi connectivity index (χ3n) is 4.09. The van der Waals surface area contributed by atoms with Crippen LogP contribution in [0.15, 0.2) is 78.0 Å². The molecule has 0 fully saturated rings. The Kier molecular flexibility index (Phi) is 7.09. The predicted molar refractivity (Wildman–Crippen MR) is 120 cm³/mol. The van der Waals surface area contributed by atoms with Crippen molar-refractivity contribution in [3.05, 3.63) is 78.6 Å². The van der Waals surface area contributed by atoms with Gasteiger partial charge in [0, 0.05) is 24.6 Å². The number of sulfonamides is 1. The second kappa shape index (κ2) is 9.94. The normalized spacial score (nSPS) is 11.1. The van der Waals surface area contributed by atoms with Crippen LogP contribution in [0.3, 0.4) is 0 Å². The van der Waals surface area contributed by atoms with Crippen molar-refractivity contribution in [3.8, 4) is 5.75 Å². The molecule has 31 heavy (non-hydrogen) atoms. The molecule has 3 rings (SSSR count). The maximum atomic E-state index is 12.8. The standard InChI is InChI=1S/C22H24N4O4S/c1-16(2)30-21-8-4-3-7-20(21)26-31(28,29)19-11-9-18(10-12-19)25-22(27)24-15-17-6-5-13-23-14-17/h3-14,16,26H,15H2,1-2H3,(H2,24,25,27). The highest BCUT2D eigenvalue weighted by Gasteiger charge is 2.17. The van der Waals surface area contributed by atoms with E-state index < -0.39 is 16.1 Å². The number of nitrogens with one attached hydrogen (secondary N) is 3. The largest absolute Gasteiger partial charge is 0.489 e. The summed E-state index contributed by atoms with van der Waals surface area (Å²) >= 11 is 0. The van der Waals surface area contributed by atoms with Gasteiger partial charge in [-0.05, 0) is 61.9 Å². The van der Waals surface area contributed by atoms with E-state index in [0.29, 0.717) is 23.7 Å². The Morgan fingerprint density at radius 3 is 2.45 bits per heavy atom. The van der Waals surface area contributed by atoms with Crippen LogP contribution in [0.2, 0.25) is 0 Å². The van der Waals surface area contributed by atoms with Gasteiger partial charge in [-0.3, -0.25) is 9.71 Å². The van der Waals surface area contributed by atoms with Gasteiger partial charge in [0.2, 0.25) is 0 Å². The summed E-state index contributed by atoms with van der Waals surface area (Å²) in [4.78, 5) is 16.1. The number of urea groups is 1. The number of carbonyl (C=O) groups is 1. The van der Waals surface area contributed by atoms with Crippen molar-refractivity contribution < 1.29 is 17.9 Å². The van der Waals surface area contributed by atoms with E-state index in [2.05, 4.69) is 20.3 Å². The van der Waals surface area contributed by atoms with Gasteiger partial charge in [-0.2, -0.15) is 0 Å². The lowest BCUT2D eigenvalue weighted by molar-refractivity contribution is 0.244. The number of pyridine rings is 1. The molecule has 2 amide bonds. The molecule has 3 N–H and O–H groups in total. The maximum absolute atomic E-state index is 12.8. The number of nitrogens with zero attached hydrogens (tertiary/aromatic N) is 1. The van der Waals surface area contributed by atoms with E-state index in [1.54, 1.807) is 42.7 Å².